The van der Waals surface area contributed by atoms with Crippen LogP contribution >= 0.6 is 23.2 Å². The third-order valence-corrected chi connectivity index (χ3v) is 8.02. The number of fused-ring (bicyclic) bond motifs is 1. The van der Waals surface area contributed by atoms with E-state index >= 15 is 0 Å². The van der Waals surface area contributed by atoms with Crippen molar-refractivity contribution < 1.29 is 18.3 Å². The first-order chi connectivity index (χ1) is 15.1. The van der Waals surface area contributed by atoms with Gasteiger partial charge in [0, 0.05) is 22.0 Å². The Hall–Kier alpha value is -1.89. The van der Waals surface area contributed by atoms with Gasteiger partial charge in [-0.05, 0) is 67.5 Å². The average Bonchev–Trinajstić information content (AvgIpc) is 2.94. The molecule has 2 aliphatic rings. The highest BCUT2D eigenvalue weighted by molar-refractivity contribution is 6.31. The fourth-order valence-electron chi connectivity index (χ4n) is 5.79. The fourth-order valence-corrected chi connectivity index (χ4v) is 6.23. The van der Waals surface area contributed by atoms with Crippen molar-refractivity contribution in [3.05, 3.63) is 63.6 Å². The molecule has 1 saturated carbocycles. The maximum atomic E-state index is 13.1. The van der Waals surface area contributed by atoms with Gasteiger partial charge in [-0.2, -0.15) is 8.78 Å². The monoisotopic (exact) mass is 482 g/mol. The quantitative estimate of drug-likeness (QED) is 0.559. The van der Waals surface area contributed by atoms with Gasteiger partial charge in [-0.25, -0.2) is 0 Å². The van der Waals surface area contributed by atoms with E-state index in [-0.39, 0.29) is 29.5 Å². The zero-order chi connectivity index (χ0) is 23.3. The van der Waals surface area contributed by atoms with Gasteiger partial charge in [0.05, 0.1) is 11.0 Å². The first-order valence-corrected chi connectivity index (χ1v) is 11.5. The Labute approximate surface area is 196 Å². The van der Waals surface area contributed by atoms with Crippen LogP contribution in [0.2, 0.25) is 10.0 Å². The molecular formula is C24H26Cl2F2N2O2. The summed E-state index contributed by atoms with van der Waals surface area (Å²) in [6, 6.07) is 11.9. The molecule has 4 nitrogen and oxygen atoms in total. The van der Waals surface area contributed by atoms with Crippen molar-refractivity contribution in [2.24, 2.45) is 11.1 Å². The molecule has 172 valence electrons. The Balaban J connectivity index is 1.86. The van der Waals surface area contributed by atoms with Crippen LogP contribution in [0.1, 0.15) is 56.1 Å². The molecule has 2 aromatic carbocycles. The molecular weight excluding hydrogens is 457 g/mol. The SMILES string of the molecule is CCC1NC(=O)C2(C)CCC(c3ccc(OC(F)F)cc3Cl)C(c3ccc(Cl)cc3)C12N. The highest BCUT2D eigenvalue weighted by atomic mass is 35.5. The number of hydrogen-bond donors (Lipinski definition) is 2. The lowest BCUT2D eigenvalue weighted by molar-refractivity contribution is -0.130. The van der Waals surface area contributed by atoms with Crippen LogP contribution in [-0.2, 0) is 4.79 Å². The van der Waals surface area contributed by atoms with Gasteiger partial charge >= 0.3 is 6.61 Å². The van der Waals surface area contributed by atoms with Crippen LogP contribution in [0.5, 0.6) is 5.75 Å². The lowest BCUT2D eigenvalue weighted by Crippen LogP contribution is -2.65. The van der Waals surface area contributed by atoms with Crippen molar-refractivity contribution in [3.8, 4) is 5.75 Å². The summed E-state index contributed by atoms with van der Waals surface area (Å²) in [5, 5.41) is 4.07. The summed E-state index contributed by atoms with van der Waals surface area (Å²) in [7, 11) is 0. The van der Waals surface area contributed by atoms with Gasteiger partial charge in [0.25, 0.3) is 0 Å². The largest absolute Gasteiger partial charge is 0.435 e. The molecule has 5 unspecified atom stereocenters. The van der Waals surface area contributed by atoms with Gasteiger partial charge in [-0.15, -0.1) is 0 Å². The van der Waals surface area contributed by atoms with E-state index in [0.717, 1.165) is 11.1 Å². The van der Waals surface area contributed by atoms with Gasteiger partial charge in [0.15, 0.2) is 0 Å². The average molecular weight is 483 g/mol. The summed E-state index contributed by atoms with van der Waals surface area (Å²) in [4.78, 5) is 13.1. The number of halogens is 4. The Morgan fingerprint density at radius 1 is 1.22 bits per heavy atom. The van der Waals surface area contributed by atoms with E-state index in [1.165, 1.54) is 12.1 Å². The van der Waals surface area contributed by atoms with Crippen LogP contribution in [0.3, 0.4) is 0 Å². The van der Waals surface area contributed by atoms with Crippen molar-refractivity contribution in [1.82, 2.24) is 5.32 Å². The summed E-state index contributed by atoms with van der Waals surface area (Å²) < 4.78 is 29.8. The molecule has 2 fully saturated rings. The van der Waals surface area contributed by atoms with E-state index in [2.05, 4.69) is 10.1 Å². The first kappa shape index (κ1) is 23.3. The minimum Gasteiger partial charge on any atom is -0.435 e. The molecule has 5 atom stereocenters. The molecule has 0 radical (unpaired) electrons. The summed E-state index contributed by atoms with van der Waals surface area (Å²) in [5.74, 6) is -0.397. The molecule has 0 bridgehead atoms. The highest BCUT2D eigenvalue weighted by Gasteiger charge is 2.67. The molecule has 0 aromatic heterocycles. The summed E-state index contributed by atoms with van der Waals surface area (Å²) in [5.41, 5.74) is 7.39. The maximum absolute atomic E-state index is 13.1. The van der Waals surface area contributed by atoms with E-state index in [0.29, 0.717) is 29.3 Å². The summed E-state index contributed by atoms with van der Waals surface area (Å²) in [6.45, 7) is 1.03. The van der Waals surface area contributed by atoms with Crippen molar-refractivity contribution in [2.45, 2.75) is 63.1 Å². The van der Waals surface area contributed by atoms with Crippen LogP contribution in [-0.4, -0.2) is 24.1 Å². The highest BCUT2D eigenvalue weighted by Crippen LogP contribution is 2.60. The van der Waals surface area contributed by atoms with Crippen molar-refractivity contribution in [2.75, 3.05) is 0 Å². The minimum absolute atomic E-state index is 0.00375. The Morgan fingerprint density at radius 2 is 1.91 bits per heavy atom. The third kappa shape index (κ3) is 3.57. The number of rotatable bonds is 5. The van der Waals surface area contributed by atoms with E-state index < -0.39 is 17.6 Å². The number of benzene rings is 2. The van der Waals surface area contributed by atoms with Crippen molar-refractivity contribution >= 4 is 29.1 Å². The molecule has 1 aliphatic heterocycles. The van der Waals surface area contributed by atoms with E-state index in [9.17, 15) is 13.6 Å². The number of carbonyl (C=O) groups is 1. The zero-order valence-corrected chi connectivity index (χ0v) is 19.4. The zero-order valence-electron chi connectivity index (χ0n) is 17.9. The van der Waals surface area contributed by atoms with Crippen LogP contribution in [0, 0.1) is 5.41 Å². The third-order valence-electron chi connectivity index (χ3n) is 7.45. The first-order valence-electron chi connectivity index (χ1n) is 10.7. The van der Waals surface area contributed by atoms with E-state index in [1.807, 2.05) is 38.1 Å². The molecule has 3 N–H and O–H groups in total. The number of alkyl halides is 2. The lowest BCUT2D eigenvalue weighted by Gasteiger charge is -2.54. The Kier molecular flexibility index (Phi) is 6.16. The predicted octanol–water partition coefficient (Wildman–Crippen LogP) is 5.87. The fraction of sp³-hybridized carbons (Fsp3) is 0.458. The minimum atomic E-state index is -2.93. The molecule has 8 heteroatoms. The number of nitrogens with one attached hydrogen (secondary N) is 1. The molecule has 2 aromatic rings. The molecule has 1 amide bonds. The van der Waals surface area contributed by atoms with E-state index in [4.69, 9.17) is 28.9 Å². The normalized spacial score (nSPS) is 32.0. The number of amides is 1. The van der Waals surface area contributed by atoms with Gasteiger partial charge < -0.3 is 15.8 Å². The van der Waals surface area contributed by atoms with Gasteiger partial charge in [-0.1, -0.05) is 48.3 Å². The molecule has 0 spiro atoms. The molecule has 1 heterocycles. The number of carbonyl (C=O) groups excluding carboxylic acids is 1. The van der Waals surface area contributed by atoms with Gasteiger partial charge in [-0.3, -0.25) is 4.79 Å². The van der Waals surface area contributed by atoms with Crippen LogP contribution in [0.4, 0.5) is 8.78 Å². The number of ether oxygens (including phenoxy) is 1. The summed E-state index contributed by atoms with van der Waals surface area (Å²) in [6.07, 6.45) is 1.94. The standard InChI is InChI=1S/C24H26Cl2F2N2O2/c1-3-19-24(29)20(13-4-6-14(25)7-5-13)17(10-11-23(24,2)21(31)30-19)16-9-8-15(12-18(16)26)32-22(27)28/h4-9,12,17,19-20,22H,3,10-11,29H2,1-2H3,(H,30,31). The van der Waals surface area contributed by atoms with Crippen LogP contribution in [0.15, 0.2) is 42.5 Å². The topological polar surface area (TPSA) is 64.3 Å². The van der Waals surface area contributed by atoms with Gasteiger partial charge in [0.2, 0.25) is 5.91 Å². The molecule has 1 aliphatic carbocycles. The Morgan fingerprint density at radius 3 is 2.50 bits per heavy atom. The molecule has 32 heavy (non-hydrogen) atoms. The smallest absolute Gasteiger partial charge is 0.387 e. The van der Waals surface area contributed by atoms with Crippen molar-refractivity contribution in [1.29, 1.82) is 0 Å². The second-order valence-electron chi connectivity index (χ2n) is 8.94. The predicted molar refractivity (Wildman–Crippen MR) is 121 cm³/mol. The van der Waals surface area contributed by atoms with Crippen LogP contribution in [0.25, 0.3) is 0 Å². The number of hydrogen-bond acceptors (Lipinski definition) is 3. The lowest BCUT2D eigenvalue weighted by atomic mass is 9.51. The van der Waals surface area contributed by atoms with E-state index in [1.54, 1.807) is 6.07 Å². The maximum Gasteiger partial charge on any atom is 0.387 e. The summed E-state index contributed by atoms with van der Waals surface area (Å²) >= 11 is 12.7. The molecule has 4 rings (SSSR count). The van der Waals surface area contributed by atoms with Crippen molar-refractivity contribution in [3.63, 3.8) is 0 Å². The second-order valence-corrected chi connectivity index (χ2v) is 9.78. The van der Waals surface area contributed by atoms with Gasteiger partial charge in [0.1, 0.15) is 5.75 Å². The number of nitrogens with two attached hydrogens (primary N) is 1. The Bertz CT molecular complexity index is 1020. The second kappa shape index (κ2) is 8.47. The molecule has 1 saturated heterocycles. The van der Waals surface area contributed by atoms with Crippen LogP contribution < -0.4 is 15.8 Å².